The molecule has 0 spiro atoms. The number of fused-ring (bicyclic) bond motifs is 3. The number of ether oxygens (including phenoxy) is 4. The van der Waals surface area contributed by atoms with Crippen LogP contribution in [0.4, 0.5) is 0 Å². The Morgan fingerprint density at radius 3 is 2.53 bits per heavy atom. The van der Waals surface area contributed by atoms with E-state index in [9.17, 15) is 5.11 Å². The van der Waals surface area contributed by atoms with Crippen LogP contribution in [0.2, 0.25) is 0 Å². The van der Waals surface area contributed by atoms with E-state index in [1.165, 1.54) is 0 Å². The molecule has 0 radical (unpaired) electrons. The van der Waals surface area contributed by atoms with Crippen LogP contribution in [0.15, 0.2) is 41.4 Å². The van der Waals surface area contributed by atoms with E-state index in [4.69, 9.17) is 23.9 Å². The second kappa shape index (κ2) is 8.36. The van der Waals surface area contributed by atoms with Crippen molar-refractivity contribution in [1.29, 1.82) is 0 Å². The summed E-state index contributed by atoms with van der Waals surface area (Å²) < 4.78 is 22.2. The lowest BCUT2D eigenvalue weighted by Crippen LogP contribution is -2.31. The Morgan fingerprint density at radius 1 is 1.00 bits per heavy atom. The topological polar surface area (TPSA) is 82.4 Å². The van der Waals surface area contributed by atoms with Crippen LogP contribution in [0.5, 0.6) is 23.3 Å². The van der Waals surface area contributed by atoms with E-state index in [0.717, 1.165) is 22.4 Å². The quantitative estimate of drug-likeness (QED) is 0.737. The van der Waals surface area contributed by atoms with Crippen molar-refractivity contribution in [1.82, 2.24) is 4.98 Å². The molecule has 0 amide bonds. The highest BCUT2D eigenvalue weighted by molar-refractivity contribution is 6.16. The number of aromatic nitrogens is 1. The van der Waals surface area contributed by atoms with Gasteiger partial charge in [0.05, 0.1) is 51.4 Å². The average molecular weight is 410 g/mol. The monoisotopic (exact) mass is 410 g/mol. The Hall–Kier alpha value is -3.06. The fraction of sp³-hybridized carbons (Fsp3) is 0.391. The molecule has 158 valence electrons. The summed E-state index contributed by atoms with van der Waals surface area (Å²) in [4.78, 5) is 9.45. The number of aliphatic imine (C=N–C) groups is 1. The van der Waals surface area contributed by atoms with Crippen LogP contribution in [-0.2, 0) is 0 Å². The molecule has 1 aliphatic carbocycles. The van der Waals surface area contributed by atoms with Gasteiger partial charge in [0, 0.05) is 17.5 Å². The molecule has 1 aromatic heterocycles. The molecular formula is C23H26N2O5. The maximum Gasteiger partial charge on any atom is 0.226 e. The Kier molecular flexibility index (Phi) is 5.63. The molecule has 1 N–H and O–H groups in total. The summed E-state index contributed by atoms with van der Waals surface area (Å²) in [6.45, 7) is 2.47. The highest BCUT2D eigenvalue weighted by Crippen LogP contribution is 2.44. The number of hydrogen-bond donors (Lipinski definition) is 1. The predicted molar refractivity (Wildman–Crippen MR) is 113 cm³/mol. The molecule has 0 saturated heterocycles. The number of hydrogen-bond acceptors (Lipinski definition) is 7. The highest BCUT2D eigenvalue weighted by Gasteiger charge is 2.36. The standard InChI is InChI=1S/C23H26N2O5/c1-5-30-20-11-15-16-10-13(26)6-8-18(16)24-22(17(15)12-19(20)27-2)14-7-9-21(28-3)25-23(14)29-4/h6-9,11-13,16,18,26H,5,10H2,1-4H3/t13-,16+,18+/m0/s1. The van der Waals surface area contributed by atoms with E-state index in [2.05, 4.69) is 4.98 Å². The molecule has 3 atom stereocenters. The van der Waals surface area contributed by atoms with Crippen molar-refractivity contribution in [3.63, 3.8) is 0 Å². The SMILES string of the molecule is CCOc1cc2c(cc1OC)C(c1ccc(OC)nc1OC)=N[C@@H]1C=C[C@H](O)C[C@H]21. The zero-order chi connectivity index (χ0) is 21.3. The van der Waals surface area contributed by atoms with Gasteiger partial charge in [-0.1, -0.05) is 12.2 Å². The van der Waals surface area contributed by atoms with Gasteiger partial charge < -0.3 is 24.1 Å². The average Bonchev–Trinajstić information content (AvgIpc) is 2.78. The third-order valence-electron chi connectivity index (χ3n) is 5.50. The molecule has 2 heterocycles. The number of aliphatic hydroxyl groups is 1. The van der Waals surface area contributed by atoms with Crippen LogP contribution in [0.1, 0.15) is 36.0 Å². The normalized spacial score (nSPS) is 21.9. The minimum absolute atomic E-state index is 0.0473. The maximum atomic E-state index is 10.2. The van der Waals surface area contributed by atoms with Crippen molar-refractivity contribution >= 4 is 5.71 Å². The van der Waals surface area contributed by atoms with Gasteiger partial charge in [-0.2, -0.15) is 4.98 Å². The van der Waals surface area contributed by atoms with Crippen LogP contribution in [0.25, 0.3) is 0 Å². The van der Waals surface area contributed by atoms with Gasteiger partial charge in [0.1, 0.15) is 0 Å². The van der Waals surface area contributed by atoms with Crippen molar-refractivity contribution in [3.05, 3.63) is 53.1 Å². The van der Waals surface area contributed by atoms with Crippen LogP contribution in [-0.4, -0.2) is 55.9 Å². The Bertz CT molecular complexity index is 1000. The van der Waals surface area contributed by atoms with Crippen molar-refractivity contribution in [2.45, 2.75) is 31.4 Å². The van der Waals surface area contributed by atoms with Crippen LogP contribution < -0.4 is 18.9 Å². The zero-order valence-corrected chi connectivity index (χ0v) is 17.6. The molecule has 7 nitrogen and oxygen atoms in total. The van der Waals surface area contributed by atoms with Gasteiger partial charge in [0.25, 0.3) is 0 Å². The summed E-state index contributed by atoms with van der Waals surface area (Å²) in [7, 11) is 4.76. The molecule has 30 heavy (non-hydrogen) atoms. The third-order valence-corrected chi connectivity index (χ3v) is 5.50. The first-order valence-electron chi connectivity index (χ1n) is 9.98. The highest BCUT2D eigenvalue weighted by atomic mass is 16.5. The maximum absolute atomic E-state index is 10.2. The van der Waals surface area contributed by atoms with Crippen molar-refractivity contribution < 1.29 is 24.1 Å². The number of rotatable bonds is 6. The molecular weight excluding hydrogens is 384 g/mol. The summed E-state index contributed by atoms with van der Waals surface area (Å²) in [6.07, 6.45) is 3.88. The van der Waals surface area contributed by atoms with E-state index in [1.807, 2.05) is 37.3 Å². The fourth-order valence-electron chi connectivity index (χ4n) is 4.12. The Morgan fingerprint density at radius 2 is 1.83 bits per heavy atom. The minimum atomic E-state index is -0.495. The zero-order valence-electron chi connectivity index (χ0n) is 17.6. The molecule has 0 saturated carbocycles. The number of nitrogens with zero attached hydrogens (tertiary/aromatic N) is 2. The number of methoxy groups -OCH3 is 3. The second-order valence-corrected chi connectivity index (χ2v) is 7.20. The van der Waals surface area contributed by atoms with E-state index in [0.29, 0.717) is 36.3 Å². The second-order valence-electron chi connectivity index (χ2n) is 7.20. The van der Waals surface area contributed by atoms with Gasteiger partial charge in [-0.3, -0.25) is 4.99 Å². The van der Waals surface area contributed by atoms with Crippen molar-refractivity contribution in [2.24, 2.45) is 4.99 Å². The molecule has 0 bridgehead atoms. The van der Waals surface area contributed by atoms with Gasteiger partial charge in [-0.15, -0.1) is 0 Å². The number of benzene rings is 1. The van der Waals surface area contributed by atoms with E-state index in [-0.39, 0.29) is 12.0 Å². The first-order chi connectivity index (χ1) is 14.6. The van der Waals surface area contributed by atoms with Crippen LogP contribution in [0, 0.1) is 0 Å². The summed E-state index contributed by atoms with van der Waals surface area (Å²) in [5, 5.41) is 10.2. The van der Waals surface area contributed by atoms with Crippen LogP contribution in [0.3, 0.4) is 0 Å². The molecule has 2 aromatic rings. The fourth-order valence-corrected chi connectivity index (χ4v) is 4.12. The Labute approximate surface area is 176 Å². The Balaban J connectivity index is 1.93. The summed E-state index contributed by atoms with van der Waals surface area (Å²) in [5.41, 5.74) is 3.52. The molecule has 0 fully saturated rings. The third kappa shape index (κ3) is 3.50. The summed E-state index contributed by atoms with van der Waals surface area (Å²) in [5.74, 6) is 2.27. The minimum Gasteiger partial charge on any atom is -0.493 e. The first-order valence-corrected chi connectivity index (χ1v) is 9.98. The molecule has 4 rings (SSSR count). The summed E-state index contributed by atoms with van der Waals surface area (Å²) in [6, 6.07) is 7.56. The number of aliphatic hydroxyl groups excluding tert-OH is 1. The lowest BCUT2D eigenvalue weighted by atomic mass is 9.77. The molecule has 0 unspecified atom stereocenters. The van der Waals surface area contributed by atoms with Gasteiger partial charge in [0.2, 0.25) is 11.8 Å². The van der Waals surface area contributed by atoms with Crippen molar-refractivity contribution in [3.8, 4) is 23.3 Å². The molecule has 1 aromatic carbocycles. The molecule has 1 aliphatic heterocycles. The van der Waals surface area contributed by atoms with E-state index in [1.54, 1.807) is 27.4 Å². The predicted octanol–water partition coefficient (Wildman–Crippen LogP) is 3.13. The largest absolute Gasteiger partial charge is 0.493 e. The van der Waals surface area contributed by atoms with Gasteiger partial charge in [-0.25, -0.2) is 0 Å². The molecule has 7 heteroatoms. The number of pyridine rings is 1. The van der Waals surface area contributed by atoms with Gasteiger partial charge >= 0.3 is 0 Å². The first kappa shape index (κ1) is 20.2. The van der Waals surface area contributed by atoms with Crippen LogP contribution >= 0.6 is 0 Å². The summed E-state index contributed by atoms with van der Waals surface area (Å²) >= 11 is 0. The smallest absolute Gasteiger partial charge is 0.226 e. The molecule has 2 aliphatic rings. The van der Waals surface area contributed by atoms with Gasteiger partial charge in [0.15, 0.2) is 11.5 Å². The lowest BCUT2D eigenvalue weighted by Gasteiger charge is -2.34. The van der Waals surface area contributed by atoms with Crippen molar-refractivity contribution in [2.75, 3.05) is 27.9 Å². The van der Waals surface area contributed by atoms with E-state index < -0.39 is 6.10 Å². The van der Waals surface area contributed by atoms with E-state index >= 15 is 0 Å². The lowest BCUT2D eigenvalue weighted by molar-refractivity contribution is 0.190. The van der Waals surface area contributed by atoms with Gasteiger partial charge in [-0.05, 0) is 37.1 Å².